The molecule has 5 aliphatic heterocycles. The van der Waals surface area contributed by atoms with Crippen LogP contribution in [0.1, 0.15) is 67.3 Å². The van der Waals surface area contributed by atoms with Crippen LogP contribution in [0.25, 0.3) is 0 Å². The van der Waals surface area contributed by atoms with Crippen molar-refractivity contribution in [2.24, 2.45) is 0 Å². The van der Waals surface area contributed by atoms with Gasteiger partial charge in [0.2, 0.25) is 0 Å². The van der Waals surface area contributed by atoms with Crippen LogP contribution < -0.4 is 15.0 Å². The largest absolute Gasteiger partial charge is 0.461 e. The molecule has 2 aliphatic carbocycles. The Morgan fingerprint density at radius 3 is 2.57 bits per heavy atom. The molecule has 3 atom stereocenters. The number of aromatic nitrogens is 2. The van der Waals surface area contributed by atoms with E-state index >= 15 is 0 Å². The van der Waals surface area contributed by atoms with Gasteiger partial charge in [0.1, 0.15) is 12.4 Å². The predicted octanol–water partition coefficient (Wildman–Crippen LogP) is 3.41. The molecule has 9 rings (SSSR count). The van der Waals surface area contributed by atoms with Crippen molar-refractivity contribution in [3.8, 4) is 6.01 Å². The highest BCUT2D eigenvalue weighted by Crippen LogP contribution is 2.49. The Labute approximate surface area is 208 Å². The first-order valence-electron chi connectivity index (χ1n) is 14.1. The van der Waals surface area contributed by atoms with Crippen LogP contribution in [-0.4, -0.2) is 65.3 Å². The van der Waals surface area contributed by atoms with Gasteiger partial charge in [0.25, 0.3) is 0 Å². The molecule has 2 aromatic rings. The van der Waals surface area contributed by atoms with Gasteiger partial charge in [0.05, 0.1) is 11.2 Å². The molecule has 3 unspecified atom stereocenters. The number of hydrogen-bond donors (Lipinski definition) is 1. The minimum absolute atomic E-state index is 0.224. The lowest BCUT2D eigenvalue weighted by atomic mass is 9.69. The van der Waals surface area contributed by atoms with Crippen molar-refractivity contribution in [3.63, 3.8) is 0 Å². The molecule has 0 saturated carbocycles. The van der Waals surface area contributed by atoms with Crippen molar-refractivity contribution < 1.29 is 4.74 Å². The molecule has 6 nitrogen and oxygen atoms in total. The average Bonchev–Trinajstić information content (AvgIpc) is 3.55. The van der Waals surface area contributed by atoms with E-state index in [4.69, 9.17) is 14.7 Å². The summed E-state index contributed by atoms with van der Waals surface area (Å²) in [5, 5.41) is 3.69. The maximum absolute atomic E-state index is 6.54. The Morgan fingerprint density at radius 1 is 0.971 bits per heavy atom. The first-order chi connectivity index (χ1) is 17.2. The summed E-state index contributed by atoms with van der Waals surface area (Å²) < 4.78 is 6.54. The van der Waals surface area contributed by atoms with Crippen molar-refractivity contribution in [2.75, 3.05) is 37.7 Å². The molecule has 7 aliphatic rings. The van der Waals surface area contributed by atoms with Gasteiger partial charge in [-0.25, -0.2) is 0 Å². The van der Waals surface area contributed by atoms with Crippen LogP contribution in [-0.2, 0) is 24.7 Å². The minimum atomic E-state index is 0.224. The highest BCUT2D eigenvalue weighted by molar-refractivity contribution is 5.55. The number of nitrogens with zero attached hydrogens (tertiary/aromatic N) is 4. The predicted molar refractivity (Wildman–Crippen MR) is 136 cm³/mol. The Hall–Kier alpha value is -2.18. The highest BCUT2D eigenvalue weighted by atomic mass is 16.5. The number of anilines is 1. The highest BCUT2D eigenvalue weighted by Gasteiger charge is 2.46. The fourth-order valence-electron chi connectivity index (χ4n) is 8.55. The molecule has 35 heavy (non-hydrogen) atoms. The van der Waals surface area contributed by atoms with E-state index in [0.29, 0.717) is 18.1 Å². The molecule has 1 N–H and O–H groups in total. The maximum Gasteiger partial charge on any atom is 0.318 e. The van der Waals surface area contributed by atoms with Crippen molar-refractivity contribution in [1.82, 2.24) is 20.2 Å². The van der Waals surface area contributed by atoms with Gasteiger partial charge >= 0.3 is 6.01 Å². The third kappa shape index (κ3) is 3.21. The average molecular weight is 472 g/mol. The van der Waals surface area contributed by atoms with E-state index in [1.54, 1.807) is 11.1 Å². The maximum atomic E-state index is 6.54. The number of piperidine rings is 1. The molecular weight excluding hydrogens is 434 g/mol. The van der Waals surface area contributed by atoms with Crippen LogP contribution in [0.3, 0.4) is 0 Å². The summed E-state index contributed by atoms with van der Waals surface area (Å²) in [7, 11) is 0. The van der Waals surface area contributed by atoms with Gasteiger partial charge in [-0.15, -0.1) is 0 Å². The van der Waals surface area contributed by atoms with Crippen LogP contribution in [0.15, 0.2) is 24.3 Å². The minimum Gasteiger partial charge on any atom is -0.461 e. The zero-order valence-corrected chi connectivity index (χ0v) is 20.8. The zero-order valence-electron chi connectivity index (χ0n) is 20.8. The van der Waals surface area contributed by atoms with Crippen LogP contribution in [0, 0.1) is 0 Å². The van der Waals surface area contributed by atoms with E-state index in [-0.39, 0.29) is 11.0 Å². The topological polar surface area (TPSA) is 53.5 Å². The Morgan fingerprint density at radius 2 is 1.74 bits per heavy atom. The first-order valence-corrected chi connectivity index (χ1v) is 14.1. The Balaban J connectivity index is 1.14. The molecule has 6 heteroatoms. The third-order valence-corrected chi connectivity index (χ3v) is 10.4. The molecule has 0 radical (unpaired) electrons. The molecule has 1 aromatic carbocycles. The summed E-state index contributed by atoms with van der Waals surface area (Å²) in [5.74, 6) is 1.18. The fraction of sp³-hybridized carbons (Fsp3) is 0.655. The Kier molecular flexibility index (Phi) is 4.59. The number of fused-ring (bicyclic) bond motifs is 6. The normalized spacial score (nSPS) is 32.3. The summed E-state index contributed by atoms with van der Waals surface area (Å²) >= 11 is 0. The second-order valence-electron chi connectivity index (χ2n) is 12.3. The van der Waals surface area contributed by atoms with Crippen molar-refractivity contribution in [2.45, 2.75) is 87.2 Å². The van der Waals surface area contributed by atoms with E-state index in [1.165, 1.54) is 81.5 Å². The van der Waals surface area contributed by atoms with E-state index in [1.807, 2.05) is 0 Å². The third-order valence-electron chi connectivity index (χ3n) is 10.4. The van der Waals surface area contributed by atoms with Crippen LogP contribution >= 0.6 is 0 Å². The van der Waals surface area contributed by atoms with Crippen molar-refractivity contribution in [1.29, 1.82) is 0 Å². The molecular formula is C29H37N5O. The van der Waals surface area contributed by atoms with Crippen LogP contribution in [0.5, 0.6) is 6.01 Å². The standard InChI is InChI=1S/C29H37N5O/c1-2-6-24-20(5-1)7-11-28(24)12-8-23-25(16-28)31-27(32-26(23)33-17-21-15-22(18-33)30-21)35-19-29-9-3-13-34(29)14-4-10-29/h1-2,5-6,21-22,30H,3-4,7-19H2. The number of aryl methyl sites for hydroxylation is 1. The summed E-state index contributed by atoms with van der Waals surface area (Å²) in [6.45, 7) is 5.32. The van der Waals surface area contributed by atoms with Gasteiger partial charge in [-0.2, -0.15) is 9.97 Å². The second-order valence-corrected chi connectivity index (χ2v) is 12.3. The van der Waals surface area contributed by atoms with Gasteiger partial charge in [-0.1, -0.05) is 24.3 Å². The number of piperazine rings is 1. The van der Waals surface area contributed by atoms with Gasteiger partial charge in [-0.3, -0.25) is 4.90 Å². The van der Waals surface area contributed by atoms with Gasteiger partial charge in [0.15, 0.2) is 0 Å². The number of ether oxygens (including phenoxy) is 1. The lowest BCUT2D eigenvalue weighted by Crippen LogP contribution is -2.67. The molecule has 5 fully saturated rings. The first kappa shape index (κ1) is 21.0. The fourth-order valence-corrected chi connectivity index (χ4v) is 8.55. The van der Waals surface area contributed by atoms with E-state index in [9.17, 15) is 0 Å². The van der Waals surface area contributed by atoms with Gasteiger partial charge in [0, 0.05) is 36.2 Å². The monoisotopic (exact) mass is 471 g/mol. The van der Waals surface area contributed by atoms with Crippen molar-refractivity contribution >= 4 is 5.82 Å². The molecule has 184 valence electrons. The van der Waals surface area contributed by atoms with Gasteiger partial charge in [-0.05, 0) is 88.4 Å². The lowest BCUT2D eigenvalue weighted by Gasteiger charge is -2.49. The van der Waals surface area contributed by atoms with E-state index < -0.39 is 0 Å². The summed E-state index contributed by atoms with van der Waals surface area (Å²) in [5.41, 5.74) is 6.24. The zero-order chi connectivity index (χ0) is 23.0. The van der Waals surface area contributed by atoms with Crippen LogP contribution in [0.2, 0.25) is 0 Å². The van der Waals surface area contributed by atoms with Crippen LogP contribution in [0.4, 0.5) is 5.82 Å². The summed E-state index contributed by atoms with van der Waals surface area (Å²) in [4.78, 5) is 15.5. The Bertz CT molecular complexity index is 1140. The molecule has 1 aromatic heterocycles. The summed E-state index contributed by atoms with van der Waals surface area (Å²) in [6.07, 6.45) is 12.2. The molecule has 1 spiro atoms. The lowest BCUT2D eigenvalue weighted by molar-refractivity contribution is 0.107. The van der Waals surface area contributed by atoms with Crippen molar-refractivity contribution in [3.05, 3.63) is 46.6 Å². The number of nitrogens with one attached hydrogen (secondary N) is 1. The molecule has 0 amide bonds. The van der Waals surface area contributed by atoms with E-state index in [2.05, 4.69) is 39.4 Å². The number of rotatable bonds is 4. The molecule has 5 saturated heterocycles. The summed E-state index contributed by atoms with van der Waals surface area (Å²) in [6, 6.07) is 11.0. The molecule has 2 bridgehead atoms. The quantitative estimate of drug-likeness (QED) is 0.738. The molecule has 6 heterocycles. The van der Waals surface area contributed by atoms with E-state index in [0.717, 1.165) is 32.5 Å². The number of hydrogen-bond acceptors (Lipinski definition) is 6. The van der Waals surface area contributed by atoms with Gasteiger partial charge < -0.3 is 15.0 Å². The number of benzene rings is 1. The second kappa shape index (κ2) is 7.66. The smallest absolute Gasteiger partial charge is 0.318 e. The SMILES string of the molecule is c1ccc2c(c1)CCC21CCc2c(nc(OCC34CCCN3CCC4)nc2N2CC3CC(C2)N3)C1.